The zero-order chi connectivity index (χ0) is 16.5. The number of nitrogens with one attached hydrogen (secondary N) is 1. The van der Waals surface area contributed by atoms with Crippen LogP contribution in [0.25, 0.3) is 6.08 Å². The number of carbonyl (C=O) groups is 2. The number of nitrogens with zero attached hydrogens (tertiary/aromatic N) is 1. The van der Waals surface area contributed by atoms with Gasteiger partial charge in [0.1, 0.15) is 17.4 Å². The first-order valence-corrected chi connectivity index (χ1v) is 6.80. The second kappa shape index (κ2) is 8.47. The van der Waals surface area contributed by atoms with E-state index in [-0.39, 0.29) is 24.6 Å². The van der Waals surface area contributed by atoms with E-state index in [1.165, 1.54) is 6.08 Å². The molecule has 1 rings (SSSR count). The number of para-hydroxylation sites is 1. The van der Waals surface area contributed by atoms with E-state index >= 15 is 0 Å². The van der Waals surface area contributed by atoms with E-state index in [0.29, 0.717) is 11.3 Å². The lowest BCUT2D eigenvalue weighted by atomic mass is 10.1. The van der Waals surface area contributed by atoms with Gasteiger partial charge in [0, 0.05) is 11.6 Å². The van der Waals surface area contributed by atoms with Gasteiger partial charge in [-0.05, 0) is 26.0 Å². The fraction of sp³-hybridized carbons (Fsp3) is 0.312. The van der Waals surface area contributed by atoms with Crippen LogP contribution in [0.2, 0.25) is 0 Å². The van der Waals surface area contributed by atoms with Crippen molar-refractivity contribution in [2.75, 3.05) is 6.61 Å². The molecule has 116 valence electrons. The van der Waals surface area contributed by atoms with Gasteiger partial charge >= 0.3 is 5.97 Å². The van der Waals surface area contributed by atoms with Crippen LogP contribution in [-0.2, 0) is 9.59 Å². The number of hydrogen-bond acceptors (Lipinski definition) is 4. The van der Waals surface area contributed by atoms with Crippen LogP contribution in [0, 0.1) is 11.3 Å². The number of ether oxygens (including phenoxy) is 1. The SMILES string of the molecule is CC(C)NC(=O)/C(C#N)=C/c1ccccc1OCCC(=O)O. The van der Waals surface area contributed by atoms with Gasteiger partial charge in [-0.1, -0.05) is 18.2 Å². The predicted octanol–water partition coefficient (Wildman–Crippen LogP) is 1.97. The van der Waals surface area contributed by atoms with Crippen LogP contribution in [0.1, 0.15) is 25.8 Å². The Morgan fingerprint density at radius 3 is 2.68 bits per heavy atom. The molecule has 0 atom stereocenters. The molecule has 0 spiro atoms. The summed E-state index contributed by atoms with van der Waals surface area (Å²) in [4.78, 5) is 22.4. The summed E-state index contributed by atoms with van der Waals surface area (Å²) in [6.07, 6.45) is 1.30. The second-order valence-electron chi connectivity index (χ2n) is 4.83. The van der Waals surface area contributed by atoms with E-state index in [2.05, 4.69) is 5.32 Å². The molecule has 1 aromatic carbocycles. The van der Waals surface area contributed by atoms with Crippen molar-refractivity contribution in [1.82, 2.24) is 5.32 Å². The standard InChI is InChI=1S/C16H18N2O4/c1-11(2)18-16(21)13(10-17)9-12-5-3-4-6-14(12)22-8-7-15(19)20/h3-6,9,11H,7-8H2,1-2H3,(H,18,21)(H,19,20)/b13-9+. The molecule has 0 aromatic heterocycles. The van der Waals surface area contributed by atoms with Gasteiger partial charge in [0.2, 0.25) is 0 Å². The molecule has 22 heavy (non-hydrogen) atoms. The fourth-order valence-corrected chi connectivity index (χ4v) is 1.62. The minimum Gasteiger partial charge on any atom is -0.492 e. The number of benzene rings is 1. The normalized spacial score (nSPS) is 10.9. The maximum atomic E-state index is 11.9. The number of amides is 1. The summed E-state index contributed by atoms with van der Waals surface area (Å²) in [6.45, 7) is 3.62. The van der Waals surface area contributed by atoms with Crippen molar-refractivity contribution in [3.8, 4) is 11.8 Å². The van der Waals surface area contributed by atoms with Gasteiger partial charge in [-0.2, -0.15) is 5.26 Å². The minimum absolute atomic E-state index is 0.0142. The number of carboxylic acids is 1. The molecule has 1 amide bonds. The maximum Gasteiger partial charge on any atom is 0.306 e. The van der Waals surface area contributed by atoms with Gasteiger partial charge in [-0.3, -0.25) is 9.59 Å². The molecule has 0 heterocycles. The molecule has 6 nitrogen and oxygen atoms in total. The molecule has 0 aliphatic rings. The van der Waals surface area contributed by atoms with E-state index in [9.17, 15) is 9.59 Å². The summed E-state index contributed by atoms with van der Waals surface area (Å²) in [6, 6.07) is 8.60. The maximum absolute atomic E-state index is 11.9. The lowest BCUT2D eigenvalue weighted by Gasteiger charge is -2.10. The van der Waals surface area contributed by atoms with Crippen LogP contribution in [0.3, 0.4) is 0 Å². The molecule has 2 N–H and O–H groups in total. The monoisotopic (exact) mass is 302 g/mol. The van der Waals surface area contributed by atoms with Crippen LogP contribution >= 0.6 is 0 Å². The van der Waals surface area contributed by atoms with Crippen molar-refractivity contribution in [3.05, 3.63) is 35.4 Å². The molecule has 1 aromatic rings. The smallest absolute Gasteiger partial charge is 0.306 e. The Kier molecular flexibility index (Phi) is 6.64. The highest BCUT2D eigenvalue weighted by atomic mass is 16.5. The van der Waals surface area contributed by atoms with Crippen LogP contribution in [0.5, 0.6) is 5.75 Å². The number of carbonyl (C=O) groups excluding carboxylic acids is 1. The number of nitriles is 1. The largest absolute Gasteiger partial charge is 0.492 e. The van der Waals surface area contributed by atoms with Gasteiger partial charge in [0.05, 0.1) is 13.0 Å². The highest BCUT2D eigenvalue weighted by Crippen LogP contribution is 2.21. The van der Waals surface area contributed by atoms with Crippen molar-refractivity contribution >= 4 is 18.0 Å². The van der Waals surface area contributed by atoms with E-state index in [1.807, 2.05) is 6.07 Å². The topological polar surface area (TPSA) is 99.4 Å². The third-order valence-corrected chi connectivity index (χ3v) is 2.58. The number of hydrogen-bond donors (Lipinski definition) is 2. The second-order valence-corrected chi connectivity index (χ2v) is 4.83. The van der Waals surface area contributed by atoms with Crippen LogP contribution in [0.15, 0.2) is 29.8 Å². The number of carboxylic acid groups (broad SMARTS) is 1. The molecule has 0 radical (unpaired) electrons. The van der Waals surface area contributed by atoms with Crippen LogP contribution in [-0.4, -0.2) is 29.6 Å². The Labute approximate surface area is 129 Å². The highest BCUT2D eigenvalue weighted by molar-refractivity contribution is 6.02. The predicted molar refractivity (Wildman–Crippen MR) is 81.1 cm³/mol. The highest BCUT2D eigenvalue weighted by Gasteiger charge is 2.11. The van der Waals surface area contributed by atoms with E-state index in [0.717, 1.165) is 0 Å². The zero-order valence-electron chi connectivity index (χ0n) is 12.5. The molecule has 0 fully saturated rings. The lowest BCUT2D eigenvalue weighted by Crippen LogP contribution is -2.30. The van der Waals surface area contributed by atoms with Crippen molar-refractivity contribution in [3.63, 3.8) is 0 Å². The summed E-state index contributed by atoms with van der Waals surface area (Å²) in [7, 11) is 0. The Morgan fingerprint density at radius 1 is 1.41 bits per heavy atom. The average molecular weight is 302 g/mol. The Hall–Kier alpha value is -2.81. The van der Waals surface area contributed by atoms with Crippen molar-refractivity contribution in [2.24, 2.45) is 0 Å². The molecular weight excluding hydrogens is 284 g/mol. The van der Waals surface area contributed by atoms with Crippen molar-refractivity contribution in [2.45, 2.75) is 26.3 Å². The van der Waals surface area contributed by atoms with E-state index in [4.69, 9.17) is 15.1 Å². The van der Waals surface area contributed by atoms with Crippen molar-refractivity contribution < 1.29 is 19.4 Å². The minimum atomic E-state index is -0.956. The molecule has 0 unspecified atom stereocenters. The average Bonchev–Trinajstić information content (AvgIpc) is 2.44. The quantitative estimate of drug-likeness (QED) is 0.592. The summed E-state index contributed by atoms with van der Waals surface area (Å²) in [5.74, 6) is -0.992. The van der Waals surface area contributed by atoms with Gasteiger partial charge in [-0.15, -0.1) is 0 Å². The molecule has 6 heteroatoms. The summed E-state index contributed by atoms with van der Waals surface area (Å²) in [5, 5.41) is 20.4. The first-order chi connectivity index (χ1) is 10.4. The molecule has 0 saturated heterocycles. The molecule has 0 aliphatic heterocycles. The van der Waals surface area contributed by atoms with Gasteiger partial charge in [0.15, 0.2) is 0 Å². The first-order valence-electron chi connectivity index (χ1n) is 6.80. The Bertz CT molecular complexity index is 615. The molecule has 0 aliphatic carbocycles. The zero-order valence-corrected chi connectivity index (χ0v) is 12.5. The van der Waals surface area contributed by atoms with Gasteiger partial charge in [-0.25, -0.2) is 0 Å². The summed E-state index contributed by atoms with van der Waals surface area (Å²) < 4.78 is 5.39. The Balaban J connectivity index is 2.95. The fourth-order valence-electron chi connectivity index (χ4n) is 1.62. The summed E-state index contributed by atoms with van der Waals surface area (Å²) in [5.41, 5.74) is 0.506. The number of aliphatic carboxylic acids is 1. The number of rotatable bonds is 7. The third-order valence-electron chi connectivity index (χ3n) is 2.58. The molecule has 0 saturated carbocycles. The van der Waals surface area contributed by atoms with Gasteiger partial charge in [0.25, 0.3) is 5.91 Å². The van der Waals surface area contributed by atoms with E-state index in [1.54, 1.807) is 38.1 Å². The summed E-state index contributed by atoms with van der Waals surface area (Å²) >= 11 is 0. The molecular formula is C16H18N2O4. The van der Waals surface area contributed by atoms with E-state index < -0.39 is 11.9 Å². The lowest BCUT2D eigenvalue weighted by molar-refractivity contribution is -0.137. The Morgan fingerprint density at radius 2 is 2.09 bits per heavy atom. The van der Waals surface area contributed by atoms with Crippen molar-refractivity contribution in [1.29, 1.82) is 5.26 Å². The van der Waals surface area contributed by atoms with Crippen LogP contribution in [0.4, 0.5) is 0 Å². The molecule has 0 bridgehead atoms. The third kappa shape index (κ3) is 5.67. The first kappa shape index (κ1) is 17.2. The van der Waals surface area contributed by atoms with Gasteiger partial charge < -0.3 is 15.2 Å². The van der Waals surface area contributed by atoms with Crippen LogP contribution < -0.4 is 10.1 Å².